The van der Waals surface area contributed by atoms with Gasteiger partial charge in [0, 0.05) is 6.42 Å². The minimum atomic E-state index is -0.433. The second-order valence-electron chi connectivity index (χ2n) is 4.65. The topological polar surface area (TPSA) is 44.0 Å². The van der Waals surface area contributed by atoms with Gasteiger partial charge in [-0.05, 0) is 36.0 Å². The molecule has 0 spiro atoms. The lowest BCUT2D eigenvalue weighted by atomic mass is 9.72. The molecule has 15 heavy (non-hydrogen) atoms. The molecule has 0 heterocycles. The van der Waals surface area contributed by atoms with Crippen LogP contribution in [0.4, 0.5) is 0 Å². The number of aliphatic hydroxyl groups is 1. The van der Waals surface area contributed by atoms with Gasteiger partial charge in [-0.1, -0.05) is 18.2 Å². The summed E-state index contributed by atoms with van der Waals surface area (Å²) in [5.41, 5.74) is 3.03. The van der Waals surface area contributed by atoms with E-state index in [0.717, 1.165) is 30.4 Å². The number of benzene rings is 1. The minimum absolute atomic E-state index is 0.385. The highest BCUT2D eigenvalue weighted by atomic mass is 16.3. The summed E-state index contributed by atoms with van der Waals surface area (Å²) in [6, 6.07) is 8.51. The summed E-state index contributed by atoms with van der Waals surface area (Å²) in [5, 5.41) is 19.4. The quantitative estimate of drug-likeness (QED) is 0.696. The van der Waals surface area contributed by atoms with Crippen LogP contribution in [0.25, 0.3) is 0 Å². The molecular formula is C13H13NO. The van der Waals surface area contributed by atoms with Gasteiger partial charge in [-0.15, -0.1) is 0 Å². The standard InChI is InChI=1S/C13H13NO/c14-8-13-6-2-4-9-3-1-5-10(12(9)13)11(15)7-13/h1,3,5,11,15H,2,4,6-7H2/t11-,13-/m0/s1. The van der Waals surface area contributed by atoms with Crippen LogP contribution in [0.3, 0.4) is 0 Å². The number of rotatable bonds is 0. The monoisotopic (exact) mass is 199 g/mol. The molecule has 1 N–H and O–H groups in total. The summed E-state index contributed by atoms with van der Waals surface area (Å²) in [6.07, 6.45) is 3.19. The Labute approximate surface area is 89.2 Å². The fourth-order valence-electron chi connectivity index (χ4n) is 3.20. The van der Waals surface area contributed by atoms with Gasteiger partial charge in [-0.3, -0.25) is 0 Å². The zero-order valence-corrected chi connectivity index (χ0v) is 8.53. The molecule has 0 amide bonds. The van der Waals surface area contributed by atoms with Crippen LogP contribution in [-0.4, -0.2) is 5.11 Å². The van der Waals surface area contributed by atoms with E-state index >= 15 is 0 Å². The fourth-order valence-corrected chi connectivity index (χ4v) is 3.20. The molecule has 0 unspecified atom stereocenters. The van der Waals surface area contributed by atoms with Crippen molar-refractivity contribution in [3.05, 3.63) is 34.9 Å². The number of aryl methyl sites for hydroxylation is 1. The molecule has 0 bridgehead atoms. The molecule has 2 heteroatoms. The van der Waals surface area contributed by atoms with Crippen molar-refractivity contribution in [1.82, 2.24) is 0 Å². The summed E-state index contributed by atoms with van der Waals surface area (Å²) < 4.78 is 0. The van der Waals surface area contributed by atoms with Crippen LogP contribution in [0, 0.1) is 11.3 Å². The van der Waals surface area contributed by atoms with E-state index < -0.39 is 6.10 Å². The van der Waals surface area contributed by atoms with Crippen LogP contribution < -0.4 is 0 Å². The zero-order chi connectivity index (χ0) is 10.5. The predicted octanol–water partition coefficient (Wildman–Crippen LogP) is 2.22. The van der Waals surface area contributed by atoms with Crippen molar-refractivity contribution in [2.45, 2.75) is 37.2 Å². The van der Waals surface area contributed by atoms with Gasteiger partial charge in [0.2, 0.25) is 0 Å². The molecule has 76 valence electrons. The predicted molar refractivity (Wildman–Crippen MR) is 56.2 cm³/mol. The molecule has 0 aromatic heterocycles. The fraction of sp³-hybridized carbons (Fsp3) is 0.462. The molecule has 3 rings (SSSR count). The van der Waals surface area contributed by atoms with E-state index in [4.69, 9.17) is 0 Å². The van der Waals surface area contributed by atoms with E-state index in [0.29, 0.717) is 6.42 Å². The smallest absolute Gasteiger partial charge is 0.0856 e. The van der Waals surface area contributed by atoms with E-state index in [-0.39, 0.29) is 5.41 Å². The van der Waals surface area contributed by atoms with Crippen LogP contribution in [0.15, 0.2) is 18.2 Å². The summed E-state index contributed by atoms with van der Waals surface area (Å²) >= 11 is 0. The van der Waals surface area contributed by atoms with E-state index in [9.17, 15) is 10.4 Å². The number of hydrogen-bond donors (Lipinski definition) is 1. The summed E-state index contributed by atoms with van der Waals surface area (Å²) in [6.45, 7) is 0. The van der Waals surface area contributed by atoms with Gasteiger partial charge in [-0.25, -0.2) is 0 Å². The SMILES string of the molecule is N#C[C@@]12CCCc3cccc(c31)[C@@H](O)C2. The number of aliphatic hydroxyl groups excluding tert-OH is 1. The molecule has 2 aliphatic carbocycles. The van der Waals surface area contributed by atoms with Crippen molar-refractivity contribution in [1.29, 1.82) is 5.26 Å². The number of nitrogens with zero attached hydrogens (tertiary/aromatic N) is 1. The highest BCUT2D eigenvalue weighted by Crippen LogP contribution is 2.51. The maximum Gasteiger partial charge on any atom is 0.0856 e. The Kier molecular flexibility index (Phi) is 1.69. The van der Waals surface area contributed by atoms with Gasteiger partial charge in [0.15, 0.2) is 0 Å². The molecule has 0 radical (unpaired) electrons. The van der Waals surface area contributed by atoms with Gasteiger partial charge < -0.3 is 5.11 Å². The molecule has 2 nitrogen and oxygen atoms in total. The Morgan fingerprint density at radius 3 is 3.13 bits per heavy atom. The minimum Gasteiger partial charge on any atom is -0.388 e. The van der Waals surface area contributed by atoms with Crippen LogP contribution in [0.1, 0.15) is 42.1 Å². The van der Waals surface area contributed by atoms with Crippen molar-refractivity contribution in [2.24, 2.45) is 0 Å². The largest absolute Gasteiger partial charge is 0.388 e. The second-order valence-corrected chi connectivity index (χ2v) is 4.65. The third-order valence-corrected chi connectivity index (χ3v) is 3.83. The van der Waals surface area contributed by atoms with Crippen LogP contribution in [0.5, 0.6) is 0 Å². The Hall–Kier alpha value is -1.33. The summed E-state index contributed by atoms with van der Waals surface area (Å²) in [5.74, 6) is 0. The summed E-state index contributed by atoms with van der Waals surface area (Å²) in [7, 11) is 0. The first kappa shape index (κ1) is 8.94. The first-order chi connectivity index (χ1) is 7.27. The molecule has 1 aromatic carbocycles. The van der Waals surface area contributed by atoms with Crippen molar-refractivity contribution in [3.63, 3.8) is 0 Å². The van der Waals surface area contributed by atoms with Crippen molar-refractivity contribution in [2.75, 3.05) is 0 Å². The number of hydrogen-bond acceptors (Lipinski definition) is 2. The Morgan fingerprint density at radius 1 is 1.47 bits per heavy atom. The highest BCUT2D eigenvalue weighted by molar-refractivity contribution is 5.52. The van der Waals surface area contributed by atoms with Crippen molar-refractivity contribution >= 4 is 0 Å². The van der Waals surface area contributed by atoms with E-state index in [2.05, 4.69) is 12.1 Å². The average molecular weight is 199 g/mol. The Balaban J connectivity index is 2.31. The maximum absolute atomic E-state index is 9.98. The lowest BCUT2D eigenvalue weighted by molar-refractivity contribution is 0.161. The van der Waals surface area contributed by atoms with E-state index in [1.807, 2.05) is 12.1 Å². The van der Waals surface area contributed by atoms with Crippen molar-refractivity contribution in [3.8, 4) is 6.07 Å². The Bertz CT molecular complexity index is 460. The van der Waals surface area contributed by atoms with Gasteiger partial charge in [0.25, 0.3) is 0 Å². The van der Waals surface area contributed by atoms with Gasteiger partial charge in [-0.2, -0.15) is 5.26 Å². The van der Waals surface area contributed by atoms with Gasteiger partial charge in [0.1, 0.15) is 0 Å². The maximum atomic E-state index is 9.98. The van der Waals surface area contributed by atoms with Crippen LogP contribution in [-0.2, 0) is 11.8 Å². The van der Waals surface area contributed by atoms with Crippen molar-refractivity contribution < 1.29 is 5.11 Å². The van der Waals surface area contributed by atoms with E-state index in [1.54, 1.807) is 0 Å². The highest BCUT2D eigenvalue weighted by Gasteiger charge is 2.46. The normalized spacial score (nSPS) is 32.1. The van der Waals surface area contributed by atoms with E-state index in [1.165, 1.54) is 5.56 Å². The molecular weight excluding hydrogens is 186 g/mol. The molecule has 2 atom stereocenters. The molecule has 0 aliphatic heterocycles. The third kappa shape index (κ3) is 1.02. The number of nitriles is 1. The van der Waals surface area contributed by atoms with Crippen LogP contribution >= 0.6 is 0 Å². The average Bonchev–Trinajstić information content (AvgIpc) is 2.56. The second kappa shape index (κ2) is 2.84. The molecule has 0 saturated heterocycles. The molecule has 0 saturated carbocycles. The first-order valence-corrected chi connectivity index (χ1v) is 5.48. The first-order valence-electron chi connectivity index (χ1n) is 5.48. The lowest BCUT2D eigenvalue weighted by Gasteiger charge is -2.29. The third-order valence-electron chi connectivity index (χ3n) is 3.83. The van der Waals surface area contributed by atoms with Gasteiger partial charge in [0.05, 0.1) is 17.6 Å². The lowest BCUT2D eigenvalue weighted by Crippen LogP contribution is -2.26. The molecule has 1 aromatic rings. The summed E-state index contributed by atoms with van der Waals surface area (Å²) in [4.78, 5) is 0. The molecule has 2 aliphatic rings. The zero-order valence-electron chi connectivity index (χ0n) is 8.53. The Morgan fingerprint density at radius 2 is 2.33 bits per heavy atom. The van der Waals surface area contributed by atoms with Gasteiger partial charge >= 0.3 is 0 Å². The molecule has 0 fully saturated rings. The van der Waals surface area contributed by atoms with Crippen LogP contribution in [0.2, 0.25) is 0 Å².